The molecule has 1 heterocycles. The van der Waals surface area contributed by atoms with Crippen LogP contribution in [0.2, 0.25) is 0 Å². The fourth-order valence-electron chi connectivity index (χ4n) is 0.844. The predicted molar refractivity (Wildman–Crippen MR) is 34.6 cm³/mol. The molecular formula is C6H9FN2. The van der Waals surface area contributed by atoms with Gasteiger partial charge in [0, 0.05) is 6.42 Å². The summed E-state index contributed by atoms with van der Waals surface area (Å²) in [5, 5.41) is 0. The lowest BCUT2D eigenvalue weighted by atomic mass is 10.1. The van der Waals surface area contributed by atoms with E-state index in [1.54, 1.807) is 0 Å². The number of hydrogen-bond donors (Lipinski definition) is 1. The van der Waals surface area contributed by atoms with Gasteiger partial charge in [0.15, 0.2) is 0 Å². The number of amidine groups is 1. The van der Waals surface area contributed by atoms with E-state index in [-0.39, 0.29) is 5.92 Å². The molecule has 0 saturated carbocycles. The first-order valence-electron chi connectivity index (χ1n) is 2.89. The highest BCUT2D eigenvalue weighted by molar-refractivity contribution is 5.82. The zero-order valence-electron chi connectivity index (χ0n) is 5.26. The van der Waals surface area contributed by atoms with E-state index in [1.165, 1.54) is 6.08 Å². The second-order valence-corrected chi connectivity index (χ2v) is 2.27. The van der Waals surface area contributed by atoms with E-state index in [1.807, 2.05) is 6.92 Å². The molecule has 0 saturated heterocycles. The average Bonchev–Trinajstić information content (AvgIpc) is 1.59. The van der Waals surface area contributed by atoms with Gasteiger partial charge in [0.2, 0.25) is 5.95 Å². The summed E-state index contributed by atoms with van der Waals surface area (Å²) in [6.45, 7) is 1.90. The van der Waals surface area contributed by atoms with E-state index in [0.717, 1.165) is 0 Å². The van der Waals surface area contributed by atoms with Gasteiger partial charge in [0.05, 0.1) is 0 Å². The van der Waals surface area contributed by atoms with Gasteiger partial charge in [-0.2, -0.15) is 4.39 Å². The first kappa shape index (κ1) is 6.26. The fourth-order valence-corrected chi connectivity index (χ4v) is 0.844. The van der Waals surface area contributed by atoms with E-state index in [9.17, 15) is 4.39 Å². The zero-order valence-corrected chi connectivity index (χ0v) is 5.26. The Balaban J connectivity index is 2.74. The van der Waals surface area contributed by atoms with Crippen LogP contribution in [0.15, 0.2) is 17.0 Å². The molecule has 0 fully saturated rings. The lowest BCUT2D eigenvalue weighted by molar-refractivity contribution is 0.586. The molecular weight excluding hydrogens is 119 g/mol. The molecule has 1 atom stereocenters. The third-order valence-corrected chi connectivity index (χ3v) is 1.20. The minimum absolute atomic E-state index is 0.197. The molecule has 2 nitrogen and oxygen atoms in total. The summed E-state index contributed by atoms with van der Waals surface area (Å²) >= 11 is 0. The number of rotatable bonds is 0. The van der Waals surface area contributed by atoms with Crippen molar-refractivity contribution >= 4 is 5.84 Å². The van der Waals surface area contributed by atoms with Crippen molar-refractivity contribution < 1.29 is 4.39 Å². The Labute approximate surface area is 53.3 Å². The second-order valence-electron chi connectivity index (χ2n) is 2.27. The zero-order chi connectivity index (χ0) is 6.85. The van der Waals surface area contributed by atoms with Crippen LogP contribution in [0.1, 0.15) is 13.3 Å². The topological polar surface area (TPSA) is 38.4 Å². The van der Waals surface area contributed by atoms with Crippen LogP contribution in [0.5, 0.6) is 0 Å². The van der Waals surface area contributed by atoms with E-state index in [4.69, 9.17) is 5.73 Å². The van der Waals surface area contributed by atoms with Gasteiger partial charge in [-0.3, -0.25) is 0 Å². The number of hydrogen-bond acceptors (Lipinski definition) is 2. The van der Waals surface area contributed by atoms with Gasteiger partial charge in [-0.25, -0.2) is 4.99 Å². The monoisotopic (exact) mass is 128 g/mol. The Morgan fingerprint density at radius 3 is 3.00 bits per heavy atom. The summed E-state index contributed by atoms with van der Waals surface area (Å²) in [7, 11) is 0. The van der Waals surface area contributed by atoms with Crippen molar-refractivity contribution in [3.8, 4) is 0 Å². The van der Waals surface area contributed by atoms with E-state index >= 15 is 0 Å². The number of halogens is 1. The number of allylic oxidation sites excluding steroid dienone is 1. The fraction of sp³-hybridized carbons (Fsp3) is 0.500. The molecule has 0 amide bonds. The summed E-state index contributed by atoms with van der Waals surface area (Å²) in [6.07, 6.45) is 2.14. The molecule has 0 aromatic rings. The molecule has 0 aliphatic carbocycles. The van der Waals surface area contributed by atoms with E-state index < -0.39 is 5.95 Å². The maximum absolute atomic E-state index is 12.3. The molecule has 0 bridgehead atoms. The summed E-state index contributed by atoms with van der Waals surface area (Å²) in [5.41, 5.74) is 5.28. The quantitative estimate of drug-likeness (QED) is 0.489. The predicted octanol–water partition coefficient (Wildman–Crippen LogP) is 1.19. The van der Waals surface area contributed by atoms with Gasteiger partial charge in [-0.1, -0.05) is 6.92 Å². The molecule has 0 aromatic carbocycles. The van der Waals surface area contributed by atoms with Crippen LogP contribution in [0.25, 0.3) is 0 Å². The van der Waals surface area contributed by atoms with Crippen LogP contribution < -0.4 is 5.73 Å². The van der Waals surface area contributed by atoms with Gasteiger partial charge in [0.1, 0.15) is 5.84 Å². The molecule has 3 heteroatoms. The highest BCUT2D eigenvalue weighted by atomic mass is 19.1. The van der Waals surface area contributed by atoms with Gasteiger partial charge >= 0.3 is 0 Å². The molecule has 50 valence electrons. The van der Waals surface area contributed by atoms with Crippen molar-refractivity contribution in [1.82, 2.24) is 0 Å². The Morgan fingerprint density at radius 2 is 2.56 bits per heavy atom. The van der Waals surface area contributed by atoms with Gasteiger partial charge in [-0.05, 0) is 12.0 Å². The minimum atomic E-state index is -0.453. The summed E-state index contributed by atoms with van der Waals surface area (Å²) in [4.78, 5) is 3.42. The first-order valence-corrected chi connectivity index (χ1v) is 2.89. The lowest BCUT2D eigenvalue weighted by Crippen LogP contribution is -2.17. The average molecular weight is 128 g/mol. The van der Waals surface area contributed by atoms with Crippen molar-refractivity contribution in [1.29, 1.82) is 0 Å². The SMILES string of the molecule is CC1C=C(F)N=C(N)C1. The highest BCUT2D eigenvalue weighted by Crippen LogP contribution is 2.14. The first-order chi connectivity index (χ1) is 4.18. The van der Waals surface area contributed by atoms with Crippen LogP contribution in [0.4, 0.5) is 4.39 Å². The molecule has 1 aliphatic heterocycles. The standard InChI is InChI=1S/C6H9FN2/c1-4-2-5(7)9-6(8)3-4/h2,4H,3H2,1H3,(H2,8,9). The number of nitrogens with zero attached hydrogens (tertiary/aromatic N) is 1. The van der Waals surface area contributed by atoms with Crippen molar-refractivity contribution in [2.24, 2.45) is 16.6 Å². The maximum atomic E-state index is 12.3. The smallest absolute Gasteiger partial charge is 0.210 e. The molecule has 1 aliphatic rings. The van der Waals surface area contributed by atoms with Crippen LogP contribution in [-0.4, -0.2) is 5.84 Å². The van der Waals surface area contributed by atoms with Crippen molar-refractivity contribution in [2.45, 2.75) is 13.3 Å². The summed E-state index contributed by atoms with van der Waals surface area (Å²) in [5.74, 6) is 0.135. The molecule has 1 rings (SSSR count). The van der Waals surface area contributed by atoms with Crippen molar-refractivity contribution in [2.75, 3.05) is 0 Å². The Kier molecular flexibility index (Phi) is 1.51. The third kappa shape index (κ3) is 1.52. The van der Waals surface area contributed by atoms with Crippen LogP contribution >= 0.6 is 0 Å². The van der Waals surface area contributed by atoms with Gasteiger partial charge < -0.3 is 5.73 Å². The van der Waals surface area contributed by atoms with E-state index in [2.05, 4.69) is 4.99 Å². The maximum Gasteiger partial charge on any atom is 0.210 e. The van der Waals surface area contributed by atoms with Crippen LogP contribution in [0.3, 0.4) is 0 Å². The Bertz CT molecular complexity index is 172. The molecule has 0 radical (unpaired) electrons. The second kappa shape index (κ2) is 2.17. The Hall–Kier alpha value is -0.860. The van der Waals surface area contributed by atoms with Crippen LogP contribution in [-0.2, 0) is 0 Å². The van der Waals surface area contributed by atoms with Gasteiger partial charge in [0.25, 0.3) is 0 Å². The summed E-state index contributed by atoms with van der Waals surface area (Å²) in [6, 6.07) is 0. The molecule has 0 aromatic heterocycles. The number of aliphatic imine (C=N–C) groups is 1. The molecule has 0 spiro atoms. The largest absolute Gasteiger partial charge is 0.387 e. The molecule has 9 heavy (non-hydrogen) atoms. The summed E-state index contributed by atoms with van der Waals surface area (Å²) < 4.78 is 12.3. The number of nitrogens with two attached hydrogens (primary N) is 1. The normalized spacial score (nSPS) is 27.1. The van der Waals surface area contributed by atoms with E-state index in [0.29, 0.717) is 12.3 Å². The van der Waals surface area contributed by atoms with Crippen molar-refractivity contribution in [3.05, 3.63) is 12.0 Å². The molecule has 1 unspecified atom stereocenters. The van der Waals surface area contributed by atoms with Crippen molar-refractivity contribution in [3.63, 3.8) is 0 Å². The lowest BCUT2D eigenvalue weighted by Gasteiger charge is -2.09. The Morgan fingerprint density at radius 1 is 1.89 bits per heavy atom. The minimum Gasteiger partial charge on any atom is -0.387 e. The van der Waals surface area contributed by atoms with Crippen LogP contribution in [0, 0.1) is 5.92 Å². The third-order valence-electron chi connectivity index (χ3n) is 1.20. The molecule has 2 N–H and O–H groups in total. The highest BCUT2D eigenvalue weighted by Gasteiger charge is 2.08. The van der Waals surface area contributed by atoms with Gasteiger partial charge in [-0.15, -0.1) is 0 Å².